The van der Waals surface area contributed by atoms with Gasteiger partial charge in [0.2, 0.25) is 0 Å². The fourth-order valence-corrected chi connectivity index (χ4v) is 5.40. The lowest BCUT2D eigenvalue weighted by atomic mass is 9.89. The minimum Gasteiger partial charge on any atom is -0.492 e. The van der Waals surface area contributed by atoms with Crippen LogP contribution in [0.25, 0.3) is 0 Å². The zero-order valence-electron chi connectivity index (χ0n) is 18.5. The molecule has 0 saturated carbocycles. The highest BCUT2D eigenvalue weighted by atomic mass is 32.2. The lowest BCUT2D eigenvalue weighted by Crippen LogP contribution is -2.48. The van der Waals surface area contributed by atoms with Crippen molar-refractivity contribution in [1.29, 1.82) is 0 Å². The summed E-state index contributed by atoms with van der Waals surface area (Å²) in [5.74, 6) is -0.109. The van der Waals surface area contributed by atoms with E-state index in [9.17, 15) is 4.79 Å². The molecule has 2 aromatic rings. The number of ether oxygens (including phenoxy) is 1. The Morgan fingerprint density at radius 1 is 1.29 bits per heavy atom. The summed E-state index contributed by atoms with van der Waals surface area (Å²) in [5, 5.41) is 8.96. The van der Waals surface area contributed by atoms with E-state index < -0.39 is 5.97 Å². The molecule has 0 aliphatic carbocycles. The minimum absolute atomic E-state index is 0.000608. The van der Waals surface area contributed by atoms with E-state index in [0.717, 1.165) is 40.6 Å². The molecule has 5 nitrogen and oxygen atoms in total. The summed E-state index contributed by atoms with van der Waals surface area (Å²) in [6.45, 7) is 5.55. The largest absolute Gasteiger partial charge is 0.492 e. The topological polar surface area (TPSA) is 61.8 Å². The summed E-state index contributed by atoms with van der Waals surface area (Å²) >= 11 is 3.29. The van der Waals surface area contributed by atoms with Crippen molar-refractivity contribution in [3.05, 3.63) is 42.5 Å². The first-order valence-electron chi connectivity index (χ1n) is 10.8. The van der Waals surface area contributed by atoms with Gasteiger partial charge in [0.1, 0.15) is 5.75 Å². The molecule has 0 radical (unpaired) electrons. The van der Waals surface area contributed by atoms with E-state index in [1.54, 1.807) is 23.7 Å². The maximum atomic E-state index is 10.9. The summed E-state index contributed by atoms with van der Waals surface area (Å²) in [5.41, 5.74) is 2.33. The van der Waals surface area contributed by atoms with Crippen molar-refractivity contribution in [2.45, 2.75) is 61.3 Å². The molecule has 0 amide bonds. The summed E-state index contributed by atoms with van der Waals surface area (Å²) in [7, 11) is 0. The van der Waals surface area contributed by atoms with Crippen LogP contribution in [0.3, 0.4) is 0 Å². The van der Waals surface area contributed by atoms with E-state index in [1.807, 2.05) is 12.3 Å². The number of carboxylic acid groups (broad SMARTS) is 1. The van der Waals surface area contributed by atoms with Gasteiger partial charge >= 0.3 is 5.97 Å². The molecule has 1 aliphatic rings. The summed E-state index contributed by atoms with van der Waals surface area (Å²) in [6, 6.07) is 14.8. The highest BCUT2D eigenvalue weighted by molar-refractivity contribution is 7.98. The lowest BCUT2D eigenvalue weighted by molar-refractivity contribution is -0.137. The van der Waals surface area contributed by atoms with Crippen LogP contribution in [0, 0.1) is 0 Å². The lowest BCUT2D eigenvalue weighted by Gasteiger charge is -2.37. The molecule has 0 aromatic heterocycles. The van der Waals surface area contributed by atoms with Gasteiger partial charge in [0.15, 0.2) is 0 Å². The third-order valence-corrected chi connectivity index (χ3v) is 7.54. The van der Waals surface area contributed by atoms with Crippen molar-refractivity contribution >= 4 is 41.1 Å². The molecule has 1 heterocycles. The Morgan fingerprint density at radius 2 is 2.06 bits per heavy atom. The Morgan fingerprint density at radius 3 is 2.71 bits per heavy atom. The van der Waals surface area contributed by atoms with Crippen molar-refractivity contribution in [2.75, 3.05) is 24.3 Å². The number of benzene rings is 2. The number of hydrogen-bond donors (Lipinski definition) is 2. The van der Waals surface area contributed by atoms with Crippen LogP contribution in [-0.2, 0) is 4.79 Å². The standard InChI is InChI=1S/C24H32N2O3S2/c1-4-6-13-24(5-2)17-26(18-10-8-7-9-11-18)19-15-22(30-3)20(16-21(19)31-25-24)29-14-12-23(27)28/h7-11,15-16,25H,4-6,12-14,17H2,1-3H3,(H,27,28). The van der Waals surface area contributed by atoms with E-state index >= 15 is 0 Å². The number of carboxylic acids is 1. The van der Waals surface area contributed by atoms with E-state index in [-0.39, 0.29) is 18.6 Å². The first kappa shape index (κ1) is 23.8. The number of carbonyl (C=O) groups is 1. The Kier molecular flexibility index (Phi) is 8.58. The molecule has 1 aliphatic heterocycles. The number of hydrogen-bond acceptors (Lipinski definition) is 6. The molecule has 0 bridgehead atoms. The van der Waals surface area contributed by atoms with Gasteiger partial charge in [0.25, 0.3) is 0 Å². The smallest absolute Gasteiger partial charge is 0.306 e. The van der Waals surface area contributed by atoms with E-state index in [4.69, 9.17) is 9.84 Å². The third kappa shape index (κ3) is 5.90. The van der Waals surface area contributed by atoms with Gasteiger partial charge in [-0.3, -0.25) is 9.52 Å². The number of anilines is 2. The van der Waals surface area contributed by atoms with Crippen molar-refractivity contribution in [1.82, 2.24) is 4.72 Å². The number of nitrogens with zero attached hydrogens (tertiary/aromatic N) is 1. The summed E-state index contributed by atoms with van der Waals surface area (Å²) < 4.78 is 9.66. The van der Waals surface area contributed by atoms with Crippen LogP contribution in [0.1, 0.15) is 46.0 Å². The zero-order chi connectivity index (χ0) is 22.3. The fraction of sp³-hybridized carbons (Fsp3) is 0.458. The van der Waals surface area contributed by atoms with E-state index in [2.05, 4.69) is 59.9 Å². The number of nitrogens with one attached hydrogen (secondary N) is 1. The molecule has 31 heavy (non-hydrogen) atoms. The van der Waals surface area contributed by atoms with Crippen LogP contribution >= 0.6 is 23.7 Å². The normalized spacial score (nSPS) is 18.4. The van der Waals surface area contributed by atoms with Crippen LogP contribution in [0.15, 0.2) is 52.3 Å². The number of fused-ring (bicyclic) bond motifs is 1. The first-order valence-corrected chi connectivity index (χ1v) is 12.9. The quantitative estimate of drug-likeness (QED) is 0.316. The van der Waals surface area contributed by atoms with E-state index in [1.165, 1.54) is 18.5 Å². The third-order valence-electron chi connectivity index (χ3n) is 5.70. The van der Waals surface area contributed by atoms with Crippen LogP contribution in [0.2, 0.25) is 0 Å². The first-order chi connectivity index (χ1) is 15.0. The Balaban J connectivity index is 2.03. The van der Waals surface area contributed by atoms with Crippen molar-refractivity contribution in [3.8, 4) is 5.75 Å². The molecule has 2 N–H and O–H groups in total. The molecule has 3 rings (SSSR count). The maximum absolute atomic E-state index is 10.9. The number of rotatable bonds is 10. The molecule has 1 atom stereocenters. The maximum Gasteiger partial charge on any atom is 0.306 e. The SMILES string of the molecule is CCCCC1(CC)CN(c2ccccc2)c2cc(SC)c(OCCC(=O)O)cc2SN1. The van der Waals surface area contributed by atoms with Gasteiger partial charge in [-0.2, -0.15) is 0 Å². The average Bonchev–Trinajstić information content (AvgIpc) is 2.95. The number of para-hydroxylation sites is 1. The highest BCUT2D eigenvalue weighted by Crippen LogP contribution is 2.45. The van der Waals surface area contributed by atoms with Crippen LogP contribution in [0.4, 0.5) is 11.4 Å². The monoisotopic (exact) mass is 460 g/mol. The summed E-state index contributed by atoms with van der Waals surface area (Å²) in [4.78, 5) is 15.4. The molecule has 2 aromatic carbocycles. The van der Waals surface area contributed by atoms with Crippen LogP contribution < -0.4 is 14.4 Å². The molecular formula is C24H32N2O3S2. The molecule has 1 unspecified atom stereocenters. The second-order valence-corrected chi connectivity index (χ2v) is 9.52. The average molecular weight is 461 g/mol. The predicted molar refractivity (Wildman–Crippen MR) is 131 cm³/mol. The van der Waals surface area contributed by atoms with Crippen LogP contribution in [0.5, 0.6) is 5.75 Å². The zero-order valence-corrected chi connectivity index (χ0v) is 20.2. The van der Waals surface area contributed by atoms with Crippen molar-refractivity contribution in [3.63, 3.8) is 0 Å². The van der Waals surface area contributed by atoms with Gasteiger partial charge < -0.3 is 14.7 Å². The highest BCUT2D eigenvalue weighted by Gasteiger charge is 2.35. The van der Waals surface area contributed by atoms with Gasteiger partial charge in [0, 0.05) is 17.8 Å². The summed E-state index contributed by atoms with van der Waals surface area (Å²) in [6.07, 6.45) is 6.52. The van der Waals surface area contributed by atoms with Gasteiger partial charge in [-0.15, -0.1) is 11.8 Å². The number of unbranched alkanes of at least 4 members (excludes halogenated alkanes) is 1. The second kappa shape index (κ2) is 11.2. The Bertz CT molecular complexity index is 879. The Hall–Kier alpha value is -1.83. The van der Waals surface area contributed by atoms with Gasteiger partial charge in [-0.1, -0.05) is 44.9 Å². The van der Waals surface area contributed by atoms with Crippen LogP contribution in [-0.4, -0.2) is 36.0 Å². The number of thioether (sulfide) groups is 1. The van der Waals surface area contributed by atoms with Crippen molar-refractivity contribution in [2.24, 2.45) is 0 Å². The molecule has 7 heteroatoms. The van der Waals surface area contributed by atoms with Gasteiger partial charge in [-0.05, 0) is 55.3 Å². The minimum atomic E-state index is -0.851. The molecule has 168 valence electrons. The molecular weight excluding hydrogens is 428 g/mol. The predicted octanol–water partition coefficient (Wildman–Crippen LogP) is 6.35. The fourth-order valence-electron chi connectivity index (χ4n) is 3.77. The Labute approximate surface area is 194 Å². The van der Waals surface area contributed by atoms with Gasteiger partial charge in [-0.25, -0.2) is 0 Å². The molecule has 0 spiro atoms. The van der Waals surface area contributed by atoms with Crippen molar-refractivity contribution < 1.29 is 14.6 Å². The van der Waals surface area contributed by atoms with Gasteiger partial charge in [0.05, 0.1) is 28.5 Å². The second-order valence-electron chi connectivity index (χ2n) is 7.83. The van der Waals surface area contributed by atoms with E-state index in [0.29, 0.717) is 0 Å². The molecule has 0 fully saturated rings. The molecule has 0 saturated heterocycles. The number of aliphatic carboxylic acids is 1.